The van der Waals surface area contributed by atoms with Crippen LogP contribution in [-0.4, -0.2) is 11.7 Å². The summed E-state index contributed by atoms with van der Waals surface area (Å²) in [4.78, 5) is 0. The molecule has 0 aliphatic rings. The van der Waals surface area contributed by atoms with Gasteiger partial charge in [-0.1, -0.05) is 26.0 Å². The van der Waals surface area contributed by atoms with Crippen LogP contribution >= 0.6 is 0 Å². The molecule has 0 unspecified atom stereocenters. The number of aliphatic hydroxyl groups is 1. The van der Waals surface area contributed by atoms with Crippen molar-refractivity contribution in [1.29, 1.82) is 0 Å². The normalized spacial score (nSPS) is 12.9. The van der Waals surface area contributed by atoms with Gasteiger partial charge in [0.15, 0.2) is 0 Å². The predicted octanol–water partition coefficient (Wildman–Crippen LogP) is 3.47. The minimum atomic E-state index is -0.477. The molecule has 0 aliphatic heterocycles. The molecule has 1 aromatic carbocycles. The largest absolute Gasteiger partial charge is 0.493 e. The van der Waals surface area contributed by atoms with E-state index in [1.54, 1.807) is 6.92 Å². The maximum absolute atomic E-state index is 9.62. The van der Waals surface area contributed by atoms with E-state index in [2.05, 4.69) is 13.8 Å². The van der Waals surface area contributed by atoms with Gasteiger partial charge in [0, 0.05) is 5.56 Å². The van der Waals surface area contributed by atoms with Crippen molar-refractivity contribution in [2.45, 2.75) is 40.2 Å². The minimum absolute atomic E-state index is 0.477. The zero-order valence-electron chi connectivity index (χ0n) is 10.7. The topological polar surface area (TPSA) is 29.5 Å². The van der Waals surface area contributed by atoms with Gasteiger partial charge in [-0.2, -0.15) is 0 Å². The second-order valence-corrected chi connectivity index (χ2v) is 4.75. The highest BCUT2D eigenvalue weighted by atomic mass is 16.5. The monoisotopic (exact) mass is 222 g/mol. The van der Waals surface area contributed by atoms with Gasteiger partial charge in [0.25, 0.3) is 0 Å². The van der Waals surface area contributed by atoms with Gasteiger partial charge in [0.05, 0.1) is 12.7 Å². The fourth-order valence-corrected chi connectivity index (χ4v) is 1.52. The number of ether oxygens (including phenoxy) is 1. The average molecular weight is 222 g/mol. The van der Waals surface area contributed by atoms with E-state index in [0.717, 1.165) is 23.3 Å². The molecule has 0 spiro atoms. The second-order valence-electron chi connectivity index (χ2n) is 4.75. The van der Waals surface area contributed by atoms with Crippen LogP contribution in [0.2, 0.25) is 0 Å². The quantitative estimate of drug-likeness (QED) is 0.826. The van der Waals surface area contributed by atoms with Crippen LogP contribution < -0.4 is 4.74 Å². The number of hydrogen-bond donors (Lipinski definition) is 1. The fourth-order valence-electron chi connectivity index (χ4n) is 1.52. The summed E-state index contributed by atoms with van der Waals surface area (Å²) >= 11 is 0. The van der Waals surface area contributed by atoms with E-state index in [1.165, 1.54) is 0 Å². The third-order valence-corrected chi connectivity index (χ3v) is 2.57. The van der Waals surface area contributed by atoms with Crippen LogP contribution in [0.5, 0.6) is 5.75 Å². The number of benzene rings is 1. The van der Waals surface area contributed by atoms with Crippen molar-refractivity contribution in [1.82, 2.24) is 0 Å². The van der Waals surface area contributed by atoms with Crippen LogP contribution in [0.15, 0.2) is 18.2 Å². The zero-order chi connectivity index (χ0) is 12.1. The molecule has 0 radical (unpaired) electrons. The van der Waals surface area contributed by atoms with Gasteiger partial charge in [-0.25, -0.2) is 0 Å². The van der Waals surface area contributed by atoms with Crippen LogP contribution in [0.25, 0.3) is 0 Å². The molecule has 0 saturated heterocycles. The average Bonchev–Trinajstić information content (AvgIpc) is 2.16. The number of aliphatic hydroxyl groups excluding tert-OH is 1. The van der Waals surface area contributed by atoms with E-state index in [-0.39, 0.29) is 0 Å². The molecule has 0 aromatic heterocycles. The third kappa shape index (κ3) is 3.86. The summed E-state index contributed by atoms with van der Waals surface area (Å²) in [5, 5.41) is 9.62. The fraction of sp³-hybridized carbons (Fsp3) is 0.571. The number of aryl methyl sites for hydroxylation is 1. The van der Waals surface area contributed by atoms with Crippen molar-refractivity contribution < 1.29 is 9.84 Å². The van der Waals surface area contributed by atoms with Crippen LogP contribution in [0, 0.1) is 12.8 Å². The maximum Gasteiger partial charge on any atom is 0.125 e. The van der Waals surface area contributed by atoms with Crippen LogP contribution in [0.3, 0.4) is 0 Å². The Balaban J connectivity index is 2.72. The van der Waals surface area contributed by atoms with Crippen molar-refractivity contribution in [2.75, 3.05) is 6.61 Å². The summed E-state index contributed by atoms with van der Waals surface area (Å²) in [7, 11) is 0. The zero-order valence-corrected chi connectivity index (χ0v) is 10.7. The second kappa shape index (κ2) is 5.90. The van der Waals surface area contributed by atoms with Crippen molar-refractivity contribution >= 4 is 0 Å². The van der Waals surface area contributed by atoms with E-state index >= 15 is 0 Å². The van der Waals surface area contributed by atoms with Crippen LogP contribution in [0.1, 0.15) is 44.4 Å². The van der Waals surface area contributed by atoms with Gasteiger partial charge >= 0.3 is 0 Å². The lowest BCUT2D eigenvalue weighted by atomic mass is 10.1. The lowest BCUT2D eigenvalue weighted by Gasteiger charge is -2.15. The summed E-state index contributed by atoms with van der Waals surface area (Å²) < 4.78 is 5.73. The summed E-state index contributed by atoms with van der Waals surface area (Å²) in [6, 6.07) is 5.92. The van der Waals surface area contributed by atoms with Crippen molar-refractivity contribution in [3.05, 3.63) is 29.3 Å². The molecule has 0 bridgehead atoms. The Labute approximate surface area is 98.3 Å². The molecule has 0 fully saturated rings. The summed E-state index contributed by atoms with van der Waals surface area (Å²) in [5.74, 6) is 1.45. The van der Waals surface area contributed by atoms with Crippen LogP contribution in [-0.2, 0) is 0 Å². The van der Waals surface area contributed by atoms with E-state index in [4.69, 9.17) is 4.74 Å². The van der Waals surface area contributed by atoms with Gasteiger partial charge < -0.3 is 9.84 Å². The van der Waals surface area contributed by atoms with Crippen LogP contribution in [0.4, 0.5) is 0 Å². The molecule has 0 aliphatic carbocycles. The highest BCUT2D eigenvalue weighted by molar-refractivity contribution is 5.38. The van der Waals surface area contributed by atoms with Gasteiger partial charge in [0.1, 0.15) is 5.75 Å². The highest BCUT2D eigenvalue weighted by Gasteiger charge is 2.09. The Hall–Kier alpha value is -1.02. The van der Waals surface area contributed by atoms with Gasteiger partial charge in [0.2, 0.25) is 0 Å². The SMILES string of the molecule is Cc1ccc([C@@H](C)O)c(OCCC(C)C)c1. The Bertz CT molecular complexity index is 330. The first-order chi connectivity index (χ1) is 7.50. The first-order valence-electron chi connectivity index (χ1n) is 5.92. The van der Waals surface area contributed by atoms with E-state index in [9.17, 15) is 5.11 Å². The Morgan fingerprint density at radius 3 is 2.50 bits per heavy atom. The molecular weight excluding hydrogens is 200 g/mol. The Kier molecular flexibility index (Phi) is 4.81. The lowest BCUT2D eigenvalue weighted by Crippen LogP contribution is -2.05. The van der Waals surface area contributed by atoms with Crippen molar-refractivity contribution in [2.24, 2.45) is 5.92 Å². The number of rotatable bonds is 5. The first-order valence-corrected chi connectivity index (χ1v) is 5.92. The van der Waals surface area contributed by atoms with Gasteiger partial charge in [-0.15, -0.1) is 0 Å². The standard InChI is InChI=1S/C14H22O2/c1-10(2)7-8-16-14-9-11(3)5-6-13(14)12(4)15/h5-6,9-10,12,15H,7-8H2,1-4H3/t12-/m1/s1. The maximum atomic E-state index is 9.62. The summed E-state index contributed by atoms with van der Waals surface area (Å²) in [6.45, 7) is 8.85. The molecule has 90 valence electrons. The molecule has 1 rings (SSSR count). The molecule has 16 heavy (non-hydrogen) atoms. The molecular formula is C14H22O2. The third-order valence-electron chi connectivity index (χ3n) is 2.57. The Morgan fingerprint density at radius 2 is 1.94 bits per heavy atom. The molecule has 0 heterocycles. The molecule has 1 atom stereocenters. The van der Waals surface area contributed by atoms with E-state index < -0.39 is 6.10 Å². The molecule has 1 aromatic rings. The highest BCUT2D eigenvalue weighted by Crippen LogP contribution is 2.26. The minimum Gasteiger partial charge on any atom is -0.493 e. The summed E-state index contributed by atoms with van der Waals surface area (Å²) in [6.07, 6.45) is 0.558. The summed E-state index contributed by atoms with van der Waals surface area (Å²) in [5.41, 5.74) is 2.03. The molecule has 2 nitrogen and oxygen atoms in total. The molecule has 2 heteroatoms. The van der Waals surface area contributed by atoms with E-state index in [1.807, 2.05) is 25.1 Å². The molecule has 0 amide bonds. The van der Waals surface area contributed by atoms with E-state index in [0.29, 0.717) is 12.5 Å². The number of hydrogen-bond acceptors (Lipinski definition) is 2. The molecule has 1 N–H and O–H groups in total. The first kappa shape index (κ1) is 13.0. The molecule has 0 saturated carbocycles. The van der Waals surface area contributed by atoms with Crippen molar-refractivity contribution in [3.8, 4) is 5.75 Å². The van der Waals surface area contributed by atoms with Gasteiger partial charge in [-0.05, 0) is 37.8 Å². The van der Waals surface area contributed by atoms with Gasteiger partial charge in [-0.3, -0.25) is 0 Å². The lowest BCUT2D eigenvalue weighted by molar-refractivity contribution is 0.190. The Morgan fingerprint density at radius 1 is 1.25 bits per heavy atom. The smallest absolute Gasteiger partial charge is 0.125 e. The predicted molar refractivity (Wildman–Crippen MR) is 66.8 cm³/mol. The van der Waals surface area contributed by atoms with Crippen molar-refractivity contribution in [3.63, 3.8) is 0 Å².